The molecule has 1 atom stereocenters. The number of carboxylic acids is 1. The van der Waals surface area contributed by atoms with E-state index in [0.29, 0.717) is 17.0 Å². The van der Waals surface area contributed by atoms with Crippen molar-refractivity contribution in [3.05, 3.63) is 22.6 Å². The summed E-state index contributed by atoms with van der Waals surface area (Å²) < 4.78 is 5.82. The summed E-state index contributed by atoms with van der Waals surface area (Å²) in [6.45, 7) is 2.00. The average Bonchev–Trinajstić information content (AvgIpc) is 2.47. The average molecular weight is 248 g/mol. The molecule has 2 N–H and O–H groups in total. The van der Waals surface area contributed by atoms with Crippen molar-refractivity contribution < 1.29 is 14.3 Å². The molecule has 0 fully saturated rings. The van der Waals surface area contributed by atoms with Gasteiger partial charge in [0.1, 0.15) is 11.8 Å². The molecular formula is C8H10BrNO3. The zero-order chi connectivity index (χ0) is 9.84. The van der Waals surface area contributed by atoms with Crippen LogP contribution in [-0.4, -0.2) is 17.1 Å². The second-order valence-corrected chi connectivity index (χ2v) is 3.43. The number of carboxylic acid groups (broad SMARTS) is 1. The number of aliphatic carboxylic acids is 1. The van der Waals surface area contributed by atoms with Gasteiger partial charge in [-0.2, -0.15) is 0 Å². The Morgan fingerprint density at radius 2 is 2.46 bits per heavy atom. The second-order valence-electron chi connectivity index (χ2n) is 2.65. The molecule has 0 aromatic carbocycles. The van der Waals surface area contributed by atoms with Crippen LogP contribution < -0.4 is 5.32 Å². The van der Waals surface area contributed by atoms with E-state index in [4.69, 9.17) is 9.52 Å². The minimum absolute atomic E-state index is 0.416. The maximum absolute atomic E-state index is 10.4. The standard InChI is InChI=1S/C8H10BrNO3/c1-5(8(11)12)10-4-6-2-3-7(9)13-6/h2-3,5,10H,4H2,1H3,(H,11,12)/t5-/m1/s1. The fourth-order valence-corrected chi connectivity index (χ4v) is 1.13. The van der Waals surface area contributed by atoms with Crippen LogP contribution in [0.25, 0.3) is 0 Å². The monoisotopic (exact) mass is 247 g/mol. The molecule has 13 heavy (non-hydrogen) atoms. The van der Waals surface area contributed by atoms with Gasteiger partial charge in [-0.1, -0.05) is 0 Å². The maximum Gasteiger partial charge on any atom is 0.320 e. The van der Waals surface area contributed by atoms with Crippen molar-refractivity contribution in [3.63, 3.8) is 0 Å². The molecule has 0 saturated carbocycles. The Kier molecular flexibility index (Phi) is 3.50. The summed E-state index contributed by atoms with van der Waals surface area (Å²) in [4.78, 5) is 10.4. The highest BCUT2D eigenvalue weighted by Crippen LogP contribution is 2.13. The van der Waals surface area contributed by atoms with Gasteiger partial charge in [0.05, 0.1) is 6.54 Å². The first-order valence-corrected chi connectivity index (χ1v) is 4.59. The molecule has 0 aliphatic rings. The van der Waals surface area contributed by atoms with E-state index in [0.717, 1.165) is 0 Å². The molecule has 0 bridgehead atoms. The first-order chi connectivity index (χ1) is 6.09. The zero-order valence-electron chi connectivity index (χ0n) is 7.08. The summed E-state index contributed by atoms with van der Waals surface area (Å²) >= 11 is 3.16. The topological polar surface area (TPSA) is 62.5 Å². The second kappa shape index (κ2) is 4.43. The van der Waals surface area contributed by atoms with Crippen molar-refractivity contribution in [1.29, 1.82) is 0 Å². The molecular weight excluding hydrogens is 238 g/mol. The van der Waals surface area contributed by atoms with Crippen molar-refractivity contribution in [1.82, 2.24) is 5.32 Å². The number of halogens is 1. The van der Waals surface area contributed by atoms with Crippen molar-refractivity contribution in [2.75, 3.05) is 0 Å². The Bertz CT molecular complexity index is 297. The summed E-state index contributed by atoms with van der Waals surface area (Å²) in [6.07, 6.45) is 0. The van der Waals surface area contributed by atoms with E-state index >= 15 is 0 Å². The highest BCUT2D eigenvalue weighted by Gasteiger charge is 2.10. The lowest BCUT2D eigenvalue weighted by atomic mass is 10.3. The van der Waals surface area contributed by atoms with Crippen LogP contribution in [0, 0.1) is 0 Å². The fourth-order valence-electron chi connectivity index (χ4n) is 0.788. The lowest BCUT2D eigenvalue weighted by molar-refractivity contribution is -0.139. The van der Waals surface area contributed by atoms with E-state index < -0.39 is 12.0 Å². The van der Waals surface area contributed by atoms with Gasteiger partial charge in [-0.3, -0.25) is 10.1 Å². The Labute approximate surface area is 84.1 Å². The Hall–Kier alpha value is -0.810. The molecule has 4 nitrogen and oxygen atoms in total. The van der Waals surface area contributed by atoms with E-state index in [1.54, 1.807) is 19.1 Å². The lowest BCUT2D eigenvalue weighted by Gasteiger charge is -2.06. The summed E-state index contributed by atoms with van der Waals surface area (Å²) in [5, 5.41) is 11.4. The van der Waals surface area contributed by atoms with Crippen molar-refractivity contribution in [2.24, 2.45) is 0 Å². The van der Waals surface area contributed by atoms with Crippen LogP contribution in [0.2, 0.25) is 0 Å². The number of nitrogens with one attached hydrogen (secondary N) is 1. The largest absolute Gasteiger partial charge is 0.480 e. The molecule has 72 valence electrons. The molecule has 1 aromatic rings. The normalized spacial score (nSPS) is 12.8. The van der Waals surface area contributed by atoms with Crippen molar-refractivity contribution >= 4 is 21.9 Å². The zero-order valence-corrected chi connectivity index (χ0v) is 8.67. The Morgan fingerprint density at radius 3 is 2.92 bits per heavy atom. The van der Waals surface area contributed by atoms with Crippen LogP contribution in [0.3, 0.4) is 0 Å². The van der Waals surface area contributed by atoms with Crippen molar-refractivity contribution in [3.8, 4) is 0 Å². The van der Waals surface area contributed by atoms with Crippen LogP contribution in [0.15, 0.2) is 21.2 Å². The van der Waals surface area contributed by atoms with E-state index in [-0.39, 0.29) is 0 Å². The molecule has 0 unspecified atom stereocenters. The summed E-state index contributed by atoms with van der Waals surface area (Å²) in [6, 6.07) is 2.98. The molecule has 0 aliphatic heterocycles. The predicted molar refractivity (Wildman–Crippen MR) is 50.3 cm³/mol. The molecule has 0 radical (unpaired) electrons. The third-order valence-corrected chi connectivity index (χ3v) is 2.01. The van der Waals surface area contributed by atoms with E-state index in [9.17, 15) is 4.79 Å². The summed E-state index contributed by atoms with van der Waals surface area (Å²) in [5.41, 5.74) is 0. The Balaban J connectivity index is 2.39. The van der Waals surface area contributed by atoms with E-state index in [1.807, 2.05) is 0 Å². The van der Waals surface area contributed by atoms with Crippen LogP contribution in [-0.2, 0) is 11.3 Å². The lowest BCUT2D eigenvalue weighted by Crippen LogP contribution is -2.32. The molecule has 0 saturated heterocycles. The van der Waals surface area contributed by atoms with Gasteiger partial charge < -0.3 is 9.52 Å². The van der Waals surface area contributed by atoms with E-state index in [1.165, 1.54) is 0 Å². The van der Waals surface area contributed by atoms with Gasteiger partial charge in [-0.15, -0.1) is 0 Å². The number of rotatable bonds is 4. The number of hydrogen-bond donors (Lipinski definition) is 2. The van der Waals surface area contributed by atoms with Crippen molar-refractivity contribution in [2.45, 2.75) is 19.5 Å². The van der Waals surface area contributed by atoms with Crippen LogP contribution in [0.4, 0.5) is 0 Å². The third-order valence-electron chi connectivity index (χ3n) is 1.58. The van der Waals surface area contributed by atoms with Crippen LogP contribution in [0.5, 0.6) is 0 Å². The van der Waals surface area contributed by atoms with Crippen LogP contribution in [0.1, 0.15) is 12.7 Å². The fraction of sp³-hybridized carbons (Fsp3) is 0.375. The SMILES string of the molecule is C[C@@H](NCc1ccc(Br)o1)C(=O)O. The number of carbonyl (C=O) groups is 1. The van der Waals surface area contributed by atoms with Gasteiger partial charge in [0.25, 0.3) is 0 Å². The highest BCUT2D eigenvalue weighted by molar-refractivity contribution is 9.10. The first-order valence-electron chi connectivity index (χ1n) is 3.80. The van der Waals surface area contributed by atoms with Gasteiger partial charge in [-0.05, 0) is 35.0 Å². The molecule has 0 aliphatic carbocycles. The predicted octanol–water partition coefficient (Wildman–Crippen LogP) is 1.60. The Morgan fingerprint density at radius 1 is 1.77 bits per heavy atom. The maximum atomic E-state index is 10.4. The third kappa shape index (κ3) is 3.20. The van der Waals surface area contributed by atoms with Gasteiger partial charge >= 0.3 is 5.97 Å². The number of furan rings is 1. The van der Waals surface area contributed by atoms with E-state index in [2.05, 4.69) is 21.2 Å². The molecule has 0 amide bonds. The van der Waals surface area contributed by atoms with Crippen LogP contribution >= 0.6 is 15.9 Å². The van der Waals surface area contributed by atoms with Gasteiger partial charge in [0.15, 0.2) is 4.67 Å². The molecule has 0 spiro atoms. The smallest absolute Gasteiger partial charge is 0.320 e. The van der Waals surface area contributed by atoms with Gasteiger partial charge in [0.2, 0.25) is 0 Å². The summed E-state index contributed by atoms with van der Waals surface area (Å²) in [7, 11) is 0. The minimum atomic E-state index is -0.870. The summed E-state index contributed by atoms with van der Waals surface area (Å²) in [5.74, 6) is -0.161. The highest BCUT2D eigenvalue weighted by atomic mass is 79.9. The van der Waals surface area contributed by atoms with Gasteiger partial charge in [0, 0.05) is 0 Å². The molecule has 5 heteroatoms. The number of hydrogen-bond acceptors (Lipinski definition) is 3. The molecule has 1 aromatic heterocycles. The van der Waals surface area contributed by atoms with Gasteiger partial charge in [-0.25, -0.2) is 0 Å². The molecule has 1 heterocycles. The molecule has 1 rings (SSSR count). The quantitative estimate of drug-likeness (QED) is 0.849. The first kappa shape index (κ1) is 10.3. The minimum Gasteiger partial charge on any atom is -0.480 e.